The Bertz CT molecular complexity index is 840. The van der Waals surface area contributed by atoms with Crippen molar-refractivity contribution in [3.8, 4) is 0 Å². The van der Waals surface area contributed by atoms with Gasteiger partial charge in [-0.2, -0.15) is 0 Å². The lowest BCUT2D eigenvalue weighted by molar-refractivity contribution is -0.134. The molecule has 2 aromatic carbocycles. The molecular weight excluding hydrogens is 364 g/mol. The number of cyclic esters (lactones) is 1. The summed E-state index contributed by atoms with van der Waals surface area (Å²) in [6.07, 6.45) is 1.07. The van der Waals surface area contributed by atoms with Gasteiger partial charge in [0, 0.05) is 19.6 Å². The van der Waals surface area contributed by atoms with Crippen LogP contribution >= 0.6 is 0 Å². The van der Waals surface area contributed by atoms with Gasteiger partial charge in [0.1, 0.15) is 6.61 Å². The number of hydrogen-bond acceptors (Lipinski definition) is 4. The Hall–Kier alpha value is -2.66. The highest BCUT2D eigenvalue weighted by Crippen LogP contribution is 2.31. The van der Waals surface area contributed by atoms with Gasteiger partial charge in [-0.15, -0.1) is 0 Å². The summed E-state index contributed by atoms with van der Waals surface area (Å²) >= 11 is 0. The SMILES string of the molecule is CCC1CN(Cc2ccccc2)CC1C(=O)N1C(=O)OCC1Cc1ccccc1. The monoisotopic (exact) mass is 392 g/mol. The normalized spacial score (nSPS) is 24.7. The van der Waals surface area contributed by atoms with Gasteiger partial charge in [0.15, 0.2) is 0 Å². The average molecular weight is 392 g/mol. The van der Waals surface area contributed by atoms with Gasteiger partial charge >= 0.3 is 6.09 Å². The molecule has 29 heavy (non-hydrogen) atoms. The zero-order valence-electron chi connectivity index (χ0n) is 16.9. The minimum Gasteiger partial charge on any atom is -0.447 e. The van der Waals surface area contributed by atoms with E-state index in [9.17, 15) is 9.59 Å². The first-order chi connectivity index (χ1) is 14.2. The van der Waals surface area contributed by atoms with E-state index in [4.69, 9.17) is 4.74 Å². The van der Waals surface area contributed by atoms with Crippen molar-refractivity contribution >= 4 is 12.0 Å². The highest BCUT2D eigenvalue weighted by molar-refractivity contribution is 5.95. The van der Waals surface area contributed by atoms with Crippen LogP contribution in [0.25, 0.3) is 0 Å². The van der Waals surface area contributed by atoms with Gasteiger partial charge in [0.2, 0.25) is 5.91 Å². The van der Waals surface area contributed by atoms with Crippen molar-refractivity contribution in [3.05, 3.63) is 71.8 Å². The number of ether oxygens (including phenoxy) is 1. The third kappa shape index (κ3) is 4.35. The van der Waals surface area contributed by atoms with E-state index in [2.05, 4.69) is 24.0 Å². The number of likely N-dealkylation sites (tertiary alicyclic amines) is 1. The number of hydrogen-bond donors (Lipinski definition) is 0. The summed E-state index contributed by atoms with van der Waals surface area (Å²) in [5, 5.41) is 0. The molecule has 0 aliphatic carbocycles. The topological polar surface area (TPSA) is 49.9 Å². The van der Waals surface area contributed by atoms with Gasteiger partial charge in [0.25, 0.3) is 0 Å². The number of amides is 2. The molecule has 2 aliphatic rings. The van der Waals surface area contributed by atoms with Crippen LogP contribution in [0.5, 0.6) is 0 Å². The largest absolute Gasteiger partial charge is 0.447 e. The Morgan fingerprint density at radius 3 is 2.31 bits per heavy atom. The highest BCUT2D eigenvalue weighted by Gasteiger charge is 2.45. The van der Waals surface area contributed by atoms with Crippen LogP contribution in [0, 0.1) is 11.8 Å². The van der Waals surface area contributed by atoms with Crippen LogP contribution in [0.4, 0.5) is 4.79 Å². The molecule has 3 unspecified atom stereocenters. The number of carbonyl (C=O) groups is 2. The number of benzene rings is 2. The molecule has 2 aliphatic heterocycles. The van der Waals surface area contributed by atoms with Crippen LogP contribution in [0.2, 0.25) is 0 Å². The first kappa shape index (κ1) is 19.6. The van der Waals surface area contributed by atoms with Gasteiger partial charge < -0.3 is 4.74 Å². The molecule has 2 aromatic rings. The Labute approximate surface area is 172 Å². The highest BCUT2D eigenvalue weighted by atomic mass is 16.6. The number of carbonyl (C=O) groups excluding carboxylic acids is 2. The number of nitrogens with zero attached hydrogens (tertiary/aromatic N) is 2. The third-order valence-electron chi connectivity index (χ3n) is 6.12. The van der Waals surface area contributed by atoms with Gasteiger partial charge in [-0.1, -0.05) is 74.0 Å². The fraction of sp³-hybridized carbons (Fsp3) is 0.417. The molecule has 0 aromatic heterocycles. The third-order valence-corrected chi connectivity index (χ3v) is 6.12. The summed E-state index contributed by atoms with van der Waals surface area (Å²) in [4.78, 5) is 29.6. The van der Waals surface area contributed by atoms with Gasteiger partial charge in [-0.3, -0.25) is 9.69 Å². The van der Waals surface area contributed by atoms with Crippen LogP contribution in [0.1, 0.15) is 24.5 Å². The van der Waals surface area contributed by atoms with Gasteiger partial charge in [-0.25, -0.2) is 9.69 Å². The molecule has 2 amide bonds. The fourth-order valence-electron chi connectivity index (χ4n) is 4.57. The minimum absolute atomic E-state index is 0.0733. The number of rotatable bonds is 6. The molecule has 5 nitrogen and oxygen atoms in total. The molecule has 4 rings (SSSR count). The van der Waals surface area contributed by atoms with Crippen LogP contribution in [-0.4, -0.2) is 47.5 Å². The molecule has 2 fully saturated rings. The predicted octanol–water partition coefficient (Wildman–Crippen LogP) is 3.73. The van der Waals surface area contributed by atoms with E-state index in [-0.39, 0.29) is 30.4 Å². The lowest BCUT2D eigenvalue weighted by Gasteiger charge is -2.25. The summed E-state index contributed by atoms with van der Waals surface area (Å²) in [5.41, 5.74) is 2.36. The van der Waals surface area contributed by atoms with E-state index >= 15 is 0 Å². The van der Waals surface area contributed by atoms with Gasteiger partial charge in [-0.05, 0) is 23.5 Å². The molecule has 0 spiro atoms. The molecule has 0 radical (unpaired) electrons. The van der Waals surface area contributed by atoms with Crippen LogP contribution in [0.15, 0.2) is 60.7 Å². The smallest absolute Gasteiger partial charge is 0.416 e. The summed E-state index contributed by atoms with van der Waals surface area (Å²) < 4.78 is 5.27. The Balaban J connectivity index is 1.46. The molecule has 0 bridgehead atoms. The molecule has 0 N–H and O–H groups in total. The Morgan fingerprint density at radius 2 is 1.66 bits per heavy atom. The second kappa shape index (κ2) is 8.78. The molecular formula is C24H28N2O3. The second-order valence-electron chi connectivity index (χ2n) is 8.08. The van der Waals surface area contributed by atoms with Crippen LogP contribution in [-0.2, 0) is 22.5 Å². The molecule has 2 heterocycles. The summed E-state index contributed by atoms with van der Waals surface area (Å²) in [6.45, 7) is 4.80. The molecule has 152 valence electrons. The number of imide groups is 1. The molecule has 2 saturated heterocycles. The Kier molecular flexibility index (Phi) is 5.95. The van der Waals surface area contributed by atoms with Crippen molar-refractivity contribution in [1.29, 1.82) is 0 Å². The van der Waals surface area contributed by atoms with Crippen molar-refractivity contribution < 1.29 is 14.3 Å². The van der Waals surface area contributed by atoms with E-state index in [1.807, 2.05) is 48.5 Å². The molecule has 3 atom stereocenters. The van der Waals surface area contributed by atoms with Gasteiger partial charge in [0.05, 0.1) is 12.0 Å². The van der Waals surface area contributed by atoms with Crippen LogP contribution in [0.3, 0.4) is 0 Å². The second-order valence-corrected chi connectivity index (χ2v) is 8.08. The van der Waals surface area contributed by atoms with Crippen molar-refractivity contribution in [1.82, 2.24) is 9.80 Å². The zero-order chi connectivity index (χ0) is 20.2. The molecule has 5 heteroatoms. The summed E-state index contributed by atoms with van der Waals surface area (Å²) in [7, 11) is 0. The van der Waals surface area contributed by atoms with Crippen molar-refractivity contribution in [2.75, 3.05) is 19.7 Å². The first-order valence-electron chi connectivity index (χ1n) is 10.5. The van der Waals surface area contributed by atoms with Crippen molar-refractivity contribution in [2.45, 2.75) is 32.4 Å². The van der Waals surface area contributed by atoms with Crippen molar-refractivity contribution in [3.63, 3.8) is 0 Å². The van der Waals surface area contributed by atoms with Crippen molar-refractivity contribution in [2.24, 2.45) is 11.8 Å². The van der Waals surface area contributed by atoms with Crippen LogP contribution < -0.4 is 0 Å². The van der Waals surface area contributed by atoms with E-state index in [1.165, 1.54) is 10.5 Å². The van der Waals surface area contributed by atoms with E-state index in [1.54, 1.807) is 0 Å². The maximum atomic E-state index is 13.4. The maximum absolute atomic E-state index is 13.4. The summed E-state index contributed by atoms with van der Waals surface area (Å²) in [6, 6.07) is 20.1. The van der Waals surface area contributed by atoms with E-state index in [0.717, 1.165) is 25.1 Å². The average Bonchev–Trinajstić information content (AvgIpc) is 3.32. The van der Waals surface area contributed by atoms with E-state index < -0.39 is 6.09 Å². The summed E-state index contributed by atoms with van der Waals surface area (Å²) in [5.74, 6) is 0.0282. The van der Waals surface area contributed by atoms with E-state index in [0.29, 0.717) is 13.0 Å². The lowest BCUT2D eigenvalue weighted by Crippen LogP contribution is -2.45. The molecule has 0 saturated carbocycles. The standard InChI is InChI=1S/C24H28N2O3/c1-2-20-15-25(14-19-11-7-4-8-12-19)16-22(20)23(27)26-21(17-29-24(26)28)13-18-9-5-3-6-10-18/h3-12,20-22H,2,13-17H2,1H3. The zero-order valence-corrected chi connectivity index (χ0v) is 16.9. The first-order valence-corrected chi connectivity index (χ1v) is 10.5. The maximum Gasteiger partial charge on any atom is 0.416 e. The minimum atomic E-state index is -0.493. The fourth-order valence-corrected chi connectivity index (χ4v) is 4.57. The lowest BCUT2D eigenvalue weighted by atomic mass is 9.92. The predicted molar refractivity (Wildman–Crippen MR) is 111 cm³/mol. The Morgan fingerprint density at radius 1 is 1.00 bits per heavy atom. The quantitative estimate of drug-likeness (QED) is 0.752.